The first-order chi connectivity index (χ1) is 9.04. The maximum Gasteiger partial charge on any atom is 0.329 e. The number of carboxylic acid groups (broad SMARTS) is 1. The molecule has 1 aliphatic heterocycles. The van der Waals surface area contributed by atoms with E-state index < -0.39 is 11.5 Å². The third-order valence-corrected chi connectivity index (χ3v) is 3.72. The van der Waals surface area contributed by atoms with Crippen molar-refractivity contribution in [2.75, 3.05) is 6.54 Å². The molecule has 2 rings (SSSR count). The van der Waals surface area contributed by atoms with Crippen LogP contribution in [0.15, 0.2) is 24.4 Å². The molecule has 0 bridgehead atoms. The van der Waals surface area contributed by atoms with E-state index in [2.05, 4.69) is 4.98 Å². The molecule has 1 aromatic heterocycles. The summed E-state index contributed by atoms with van der Waals surface area (Å²) in [5.41, 5.74) is -0.187. The number of carbonyl (C=O) groups excluding carboxylic acids is 1. The Bertz CT molecular complexity index is 475. The number of carboxylic acids is 1. The van der Waals surface area contributed by atoms with E-state index in [0.29, 0.717) is 25.8 Å². The van der Waals surface area contributed by atoms with Crippen LogP contribution >= 0.6 is 0 Å². The Labute approximate surface area is 112 Å². The summed E-state index contributed by atoms with van der Waals surface area (Å²) < 4.78 is 0. The third kappa shape index (κ3) is 2.75. The number of hydrogen-bond donors (Lipinski definition) is 1. The smallest absolute Gasteiger partial charge is 0.329 e. The molecule has 1 aromatic rings. The zero-order chi connectivity index (χ0) is 13.9. The van der Waals surface area contributed by atoms with Crippen LogP contribution < -0.4 is 0 Å². The summed E-state index contributed by atoms with van der Waals surface area (Å²) in [5, 5.41) is 9.27. The van der Waals surface area contributed by atoms with Crippen LogP contribution in [0.5, 0.6) is 0 Å². The number of pyridine rings is 1. The standard InChI is InChI=1S/C14H18N2O3/c1-14(13(18)19)8-4-10-16(14)12(17)7-6-11-5-2-3-9-15-11/h2-3,5,9H,4,6-8,10H2,1H3,(H,18,19). The lowest BCUT2D eigenvalue weighted by atomic mass is 9.99. The van der Waals surface area contributed by atoms with Crippen LogP contribution in [-0.2, 0) is 16.0 Å². The molecule has 2 heterocycles. The van der Waals surface area contributed by atoms with Crippen molar-refractivity contribution in [2.45, 2.75) is 38.1 Å². The van der Waals surface area contributed by atoms with E-state index in [0.717, 1.165) is 12.1 Å². The summed E-state index contributed by atoms with van der Waals surface area (Å²) in [7, 11) is 0. The van der Waals surface area contributed by atoms with Crippen LogP contribution in [0.1, 0.15) is 31.9 Å². The van der Waals surface area contributed by atoms with Crippen molar-refractivity contribution in [3.05, 3.63) is 30.1 Å². The van der Waals surface area contributed by atoms with Gasteiger partial charge >= 0.3 is 5.97 Å². The first kappa shape index (κ1) is 13.5. The highest BCUT2D eigenvalue weighted by Gasteiger charge is 2.45. The second-order valence-corrected chi connectivity index (χ2v) is 5.05. The lowest BCUT2D eigenvalue weighted by Gasteiger charge is -2.31. The number of hydrogen-bond acceptors (Lipinski definition) is 3. The van der Waals surface area contributed by atoms with Gasteiger partial charge in [0.15, 0.2) is 0 Å². The first-order valence-corrected chi connectivity index (χ1v) is 6.48. The SMILES string of the molecule is CC1(C(=O)O)CCCN1C(=O)CCc1ccccn1. The van der Waals surface area contributed by atoms with Crippen molar-refractivity contribution in [1.82, 2.24) is 9.88 Å². The summed E-state index contributed by atoms with van der Waals surface area (Å²) in [5.74, 6) is -1.02. The zero-order valence-electron chi connectivity index (χ0n) is 11.0. The van der Waals surface area contributed by atoms with E-state index in [1.807, 2.05) is 18.2 Å². The highest BCUT2D eigenvalue weighted by molar-refractivity contribution is 5.87. The molecule has 0 aliphatic carbocycles. The van der Waals surface area contributed by atoms with Crippen molar-refractivity contribution >= 4 is 11.9 Å². The van der Waals surface area contributed by atoms with Gasteiger partial charge in [-0.05, 0) is 38.3 Å². The minimum Gasteiger partial charge on any atom is -0.480 e. The summed E-state index contributed by atoms with van der Waals surface area (Å²) in [6, 6.07) is 5.57. The third-order valence-electron chi connectivity index (χ3n) is 3.72. The van der Waals surface area contributed by atoms with Crippen LogP contribution in [0.2, 0.25) is 0 Å². The Morgan fingerprint density at radius 1 is 1.47 bits per heavy atom. The van der Waals surface area contributed by atoms with Crippen molar-refractivity contribution in [2.24, 2.45) is 0 Å². The average molecular weight is 262 g/mol. The second kappa shape index (κ2) is 5.38. The van der Waals surface area contributed by atoms with Gasteiger partial charge in [-0.25, -0.2) is 4.79 Å². The molecule has 102 valence electrons. The maximum absolute atomic E-state index is 12.2. The monoisotopic (exact) mass is 262 g/mol. The Hall–Kier alpha value is -1.91. The molecular formula is C14H18N2O3. The molecule has 1 unspecified atom stereocenters. The van der Waals surface area contributed by atoms with Gasteiger partial charge in [0, 0.05) is 24.9 Å². The molecule has 0 spiro atoms. The van der Waals surface area contributed by atoms with E-state index in [1.54, 1.807) is 13.1 Å². The van der Waals surface area contributed by atoms with E-state index >= 15 is 0 Å². The molecule has 5 heteroatoms. The largest absolute Gasteiger partial charge is 0.480 e. The number of nitrogens with zero attached hydrogens (tertiary/aromatic N) is 2. The Kier molecular flexibility index (Phi) is 3.83. The fourth-order valence-corrected chi connectivity index (χ4v) is 2.50. The molecule has 19 heavy (non-hydrogen) atoms. The predicted molar refractivity (Wildman–Crippen MR) is 69.5 cm³/mol. The average Bonchev–Trinajstić information content (AvgIpc) is 2.81. The van der Waals surface area contributed by atoms with E-state index in [1.165, 1.54) is 4.90 Å². The Morgan fingerprint density at radius 3 is 2.89 bits per heavy atom. The van der Waals surface area contributed by atoms with E-state index in [-0.39, 0.29) is 5.91 Å². The normalized spacial score (nSPS) is 22.5. The molecule has 0 radical (unpaired) electrons. The minimum atomic E-state index is -1.04. The van der Waals surface area contributed by atoms with E-state index in [9.17, 15) is 14.7 Å². The number of carbonyl (C=O) groups is 2. The highest BCUT2D eigenvalue weighted by Crippen LogP contribution is 2.29. The van der Waals surface area contributed by atoms with Gasteiger partial charge < -0.3 is 10.0 Å². The molecule has 0 saturated carbocycles. The Morgan fingerprint density at radius 2 is 2.26 bits per heavy atom. The molecule has 1 amide bonds. The fraction of sp³-hybridized carbons (Fsp3) is 0.500. The van der Waals surface area contributed by atoms with Gasteiger partial charge in [-0.2, -0.15) is 0 Å². The van der Waals surface area contributed by atoms with Gasteiger partial charge in [-0.15, -0.1) is 0 Å². The van der Waals surface area contributed by atoms with Crippen molar-refractivity contribution in [3.63, 3.8) is 0 Å². The topological polar surface area (TPSA) is 70.5 Å². The number of aryl methyl sites for hydroxylation is 1. The van der Waals surface area contributed by atoms with Crippen LogP contribution in [0, 0.1) is 0 Å². The van der Waals surface area contributed by atoms with Gasteiger partial charge in [0.25, 0.3) is 0 Å². The molecule has 1 fully saturated rings. The first-order valence-electron chi connectivity index (χ1n) is 6.48. The maximum atomic E-state index is 12.2. The van der Waals surface area contributed by atoms with Crippen LogP contribution in [0.25, 0.3) is 0 Å². The van der Waals surface area contributed by atoms with Gasteiger partial charge in [0.05, 0.1) is 0 Å². The summed E-state index contributed by atoms with van der Waals surface area (Å²) >= 11 is 0. The highest BCUT2D eigenvalue weighted by atomic mass is 16.4. The lowest BCUT2D eigenvalue weighted by Crippen LogP contribution is -2.50. The summed E-state index contributed by atoms with van der Waals surface area (Å²) in [4.78, 5) is 29.1. The second-order valence-electron chi connectivity index (χ2n) is 5.05. The molecule has 1 saturated heterocycles. The molecule has 1 aliphatic rings. The Balaban J connectivity index is 1.98. The number of aromatic nitrogens is 1. The lowest BCUT2D eigenvalue weighted by molar-refractivity contribution is -0.155. The van der Waals surface area contributed by atoms with Crippen LogP contribution in [0.3, 0.4) is 0 Å². The van der Waals surface area contributed by atoms with Crippen molar-refractivity contribution in [3.8, 4) is 0 Å². The number of rotatable bonds is 4. The quantitative estimate of drug-likeness (QED) is 0.892. The summed E-state index contributed by atoms with van der Waals surface area (Å²) in [6.45, 7) is 2.16. The number of aliphatic carboxylic acids is 1. The van der Waals surface area contributed by atoms with E-state index in [4.69, 9.17) is 0 Å². The van der Waals surface area contributed by atoms with Gasteiger partial charge in [0.2, 0.25) is 5.91 Å². The van der Waals surface area contributed by atoms with Crippen LogP contribution in [-0.4, -0.2) is 39.0 Å². The number of likely N-dealkylation sites (tertiary alicyclic amines) is 1. The van der Waals surface area contributed by atoms with Gasteiger partial charge in [0.1, 0.15) is 5.54 Å². The van der Waals surface area contributed by atoms with Gasteiger partial charge in [-0.3, -0.25) is 9.78 Å². The molecule has 0 aromatic carbocycles. The van der Waals surface area contributed by atoms with Gasteiger partial charge in [-0.1, -0.05) is 6.07 Å². The van der Waals surface area contributed by atoms with Crippen molar-refractivity contribution in [1.29, 1.82) is 0 Å². The fourth-order valence-electron chi connectivity index (χ4n) is 2.50. The number of amides is 1. The predicted octanol–water partition coefficient (Wildman–Crippen LogP) is 1.48. The molecule has 5 nitrogen and oxygen atoms in total. The molecular weight excluding hydrogens is 244 g/mol. The zero-order valence-corrected chi connectivity index (χ0v) is 11.0. The molecule has 1 N–H and O–H groups in total. The molecule has 1 atom stereocenters. The minimum absolute atomic E-state index is 0.104. The summed E-state index contributed by atoms with van der Waals surface area (Å²) in [6.07, 6.45) is 3.82. The van der Waals surface area contributed by atoms with Crippen LogP contribution in [0.4, 0.5) is 0 Å². The van der Waals surface area contributed by atoms with Crippen molar-refractivity contribution < 1.29 is 14.7 Å².